The van der Waals surface area contributed by atoms with E-state index in [9.17, 15) is 4.79 Å². The SMILES string of the molecule is C[C@@H]1CN2C[C@H](NC(=O)Cc3ccccc3OCc3ccccc3)C[C@H]2CO1. The third kappa shape index (κ3) is 4.72. The van der Waals surface area contributed by atoms with Gasteiger partial charge in [-0.05, 0) is 25.0 Å². The van der Waals surface area contributed by atoms with E-state index in [4.69, 9.17) is 9.47 Å². The molecule has 0 bridgehead atoms. The Hall–Kier alpha value is -2.37. The zero-order chi connectivity index (χ0) is 19.3. The van der Waals surface area contributed by atoms with Crippen LogP contribution < -0.4 is 10.1 Å². The number of amides is 1. The zero-order valence-electron chi connectivity index (χ0n) is 16.3. The van der Waals surface area contributed by atoms with Gasteiger partial charge in [0.15, 0.2) is 0 Å². The first-order valence-electron chi connectivity index (χ1n) is 10.1. The molecule has 2 aliphatic rings. The largest absolute Gasteiger partial charge is 0.489 e. The highest BCUT2D eigenvalue weighted by atomic mass is 16.5. The first kappa shape index (κ1) is 19.0. The van der Waals surface area contributed by atoms with Gasteiger partial charge in [0.05, 0.1) is 19.1 Å². The lowest BCUT2D eigenvalue weighted by molar-refractivity contribution is -0.121. The van der Waals surface area contributed by atoms with E-state index in [1.165, 1.54) is 0 Å². The third-order valence-corrected chi connectivity index (χ3v) is 5.52. The molecule has 5 heteroatoms. The monoisotopic (exact) mass is 380 g/mol. The Labute approximate surface area is 166 Å². The molecule has 148 valence electrons. The number of hydrogen-bond acceptors (Lipinski definition) is 4. The van der Waals surface area contributed by atoms with E-state index in [1.807, 2.05) is 54.6 Å². The quantitative estimate of drug-likeness (QED) is 0.837. The van der Waals surface area contributed by atoms with Crippen molar-refractivity contribution in [3.05, 3.63) is 65.7 Å². The number of benzene rings is 2. The van der Waals surface area contributed by atoms with E-state index >= 15 is 0 Å². The molecule has 2 saturated heterocycles. The molecule has 1 amide bonds. The minimum Gasteiger partial charge on any atom is -0.489 e. The first-order chi connectivity index (χ1) is 13.7. The molecular formula is C23H28N2O3. The van der Waals surface area contributed by atoms with Gasteiger partial charge in [0, 0.05) is 30.7 Å². The smallest absolute Gasteiger partial charge is 0.224 e. The number of morpholine rings is 1. The lowest BCUT2D eigenvalue weighted by atomic mass is 10.1. The summed E-state index contributed by atoms with van der Waals surface area (Å²) in [6.07, 6.45) is 1.57. The van der Waals surface area contributed by atoms with Crippen LogP contribution in [0.25, 0.3) is 0 Å². The number of para-hydroxylation sites is 1. The van der Waals surface area contributed by atoms with Crippen molar-refractivity contribution in [2.24, 2.45) is 0 Å². The summed E-state index contributed by atoms with van der Waals surface area (Å²) >= 11 is 0. The fraction of sp³-hybridized carbons (Fsp3) is 0.435. The van der Waals surface area contributed by atoms with Crippen molar-refractivity contribution in [2.45, 2.75) is 44.6 Å². The van der Waals surface area contributed by atoms with Crippen LogP contribution in [0.1, 0.15) is 24.5 Å². The maximum atomic E-state index is 12.6. The van der Waals surface area contributed by atoms with Crippen LogP contribution in [0.15, 0.2) is 54.6 Å². The van der Waals surface area contributed by atoms with Crippen molar-refractivity contribution >= 4 is 5.91 Å². The molecule has 4 rings (SSSR count). The lowest BCUT2D eigenvalue weighted by Crippen LogP contribution is -2.45. The van der Waals surface area contributed by atoms with Crippen LogP contribution in [0, 0.1) is 0 Å². The van der Waals surface area contributed by atoms with Crippen LogP contribution in [-0.2, 0) is 22.6 Å². The molecule has 3 atom stereocenters. The molecule has 2 aromatic carbocycles. The second kappa shape index (κ2) is 8.76. The maximum Gasteiger partial charge on any atom is 0.224 e. The van der Waals surface area contributed by atoms with E-state index in [1.54, 1.807) is 0 Å². The molecule has 2 fully saturated rings. The lowest BCUT2D eigenvalue weighted by Gasteiger charge is -2.33. The van der Waals surface area contributed by atoms with Crippen LogP contribution in [0.2, 0.25) is 0 Å². The Kier molecular flexibility index (Phi) is 5.93. The molecule has 2 heterocycles. The van der Waals surface area contributed by atoms with Gasteiger partial charge in [-0.15, -0.1) is 0 Å². The summed E-state index contributed by atoms with van der Waals surface area (Å²) in [4.78, 5) is 15.1. The van der Waals surface area contributed by atoms with Crippen LogP contribution >= 0.6 is 0 Å². The number of rotatable bonds is 6. The highest BCUT2D eigenvalue weighted by molar-refractivity contribution is 5.79. The fourth-order valence-corrected chi connectivity index (χ4v) is 4.12. The Morgan fingerprint density at radius 1 is 1.14 bits per heavy atom. The van der Waals surface area contributed by atoms with Gasteiger partial charge in [0.1, 0.15) is 12.4 Å². The van der Waals surface area contributed by atoms with Gasteiger partial charge in [-0.1, -0.05) is 48.5 Å². The Bertz CT molecular complexity index is 795. The van der Waals surface area contributed by atoms with Gasteiger partial charge in [-0.25, -0.2) is 0 Å². The molecule has 0 unspecified atom stereocenters. The normalized spacial score (nSPS) is 24.5. The Morgan fingerprint density at radius 2 is 1.93 bits per heavy atom. The average molecular weight is 380 g/mol. The molecule has 0 radical (unpaired) electrons. The van der Waals surface area contributed by atoms with Crippen LogP contribution in [-0.4, -0.2) is 48.7 Å². The van der Waals surface area contributed by atoms with E-state index in [-0.39, 0.29) is 18.1 Å². The summed E-state index contributed by atoms with van der Waals surface area (Å²) in [5.74, 6) is 0.821. The molecule has 2 aliphatic heterocycles. The Balaban J connectivity index is 1.32. The van der Waals surface area contributed by atoms with E-state index in [0.29, 0.717) is 19.1 Å². The first-order valence-corrected chi connectivity index (χ1v) is 10.1. The molecule has 1 N–H and O–H groups in total. The number of hydrogen-bond donors (Lipinski definition) is 1. The minimum atomic E-state index is 0.0505. The van der Waals surface area contributed by atoms with Crippen LogP contribution in [0.5, 0.6) is 5.75 Å². The maximum absolute atomic E-state index is 12.6. The second-order valence-corrected chi connectivity index (χ2v) is 7.81. The van der Waals surface area contributed by atoms with E-state index in [0.717, 1.165) is 43.0 Å². The molecule has 5 nitrogen and oxygen atoms in total. The predicted molar refractivity (Wildman–Crippen MR) is 108 cm³/mol. The fourth-order valence-electron chi connectivity index (χ4n) is 4.12. The van der Waals surface area contributed by atoms with Crippen LogP contribution in [0.3, 0.4) is 0 Å². The summed E-state index contributed by atoms with van der Waals surface area (Å²) < 4.78 is 11.7. The van der Waals surface area contributed by atoms with Gasteiger partial charge >= 0.3 is 0 Å². The van der Waals surface area contributed by atoms with Crippen molar-refractivity contribution < 1.29 is 14.3 Å². The predicted octanol–water partition coefficient (Wildman–Crippen LogP) is 2.79. The Morgan fingerprint density at radius 3 is 2.79 bits per heavy atom. The number of nitrogens with one attached hydrogen (secondary N) is 1. The molecular weight excluding hydrogens is 352 g/mol. The standard InChI is InChI=1S/C23H28N2O3/c1-17-13-25-14-20(12-21(25)16-27-17)24-23(26)11-19-9-5-6-10-22(19)28-15-18-7-3-2-4-8-18/h2-10,17,20-21H,11-16H2,1H3,(H,24,26)/t17-,20-,21+/m1/s1. The number of ether oxygens (including phenoxy) is 2. The van der Waals surface area contributed by atoms with E-state index in [2.05, 4.69) is 17.1 Å². The average Bonchev–Trinajstić information content (AvgIpc) is 3.09. The highest BCUT2D eigenvalue weighted by Crippen LogP contribution is 2.24. The number of carbonyl (C=O) groups excluding carboxylic acids is 1. The summed E-state index contributed by atoms with van der Waals surface area (Å²) in [5, 5.41) is 3.21. The zero-order valence-corrected chi connectivity index (χ0v) is 16.3. The topological polar surface area (TPSA) is 50.8 Å². The molecule has 0 spiro atoms. The molecule has 0 aromatic heterocycles. The van der Waals surface area contributed by atoms with Gasteiger partial charge in [-0.3, -0.25) is 9.69 Å². The van der Waals surface area contributed by atoms with Crippen molar-refractivity contribution in [1.29, 1.82) is 0 Å². The van der Waals surface area contributed by atoms with Crippen molar-refractivity contribution in [2.75, 3.05) is 19.7 Å². The highest BCUT2D eigenvalue weighted by Gasteiger charge is 2.36. The van der Waals surface area contributed by atoms with Crippen molar-refractivity contribution in [3.8, 4) is 5.75 Å². The summed E-state index contributed by atoms with van der Waals surface area (Å²) in [7, 11) is 0. The summed E-state index contributed by atoms with van der Waals surface area (Å²) in [6.45, 7) is 5.23. The molecule has 0 saturated carbocycles. The number of fused-ring (bicyclic) bond motifs is 1. The third-order valence-electron chi connectivity index (χ3n) is 5.52. The number of nitrogens with zero attached hydrogens (tertiary/aromatic N) is 1. The van der Waals surface area contributed by atoms with Gasteiger partial charge < -0.3 is 14.8 Å². The molecule has 0 aliphatic carbocycles. The van der Waals surface area contributed by atoms with Gasteiger partial charge in [0.2, 0.25) is 5.91 Å². The summed E-state index contributed by atoms with van der Waals surface area (Å²) in [5.41, 5.74) is 2.03. The molecule has 28 heavy (non-hydrogen) atoms. The molecule has 2 aromatic rings. The van der Waals surface area contributed by atoms with Gasteiger partial charge in [-0.2, -0.15) is 0 Å². The second-order valence-electron chi connectivity index (χ2n) is 7.81. The minimum absolute atomic E-state index is 0.0505. The van der Waals surface area contributed by atoms with Crippen molar-refractivity contribution in [3.63, 3.8) is 0 Å². The number of carbonyl (C=O) groups is 1. The van der Waals surface area contributed by atoms with E-state index < -0.39 is 0 Å². The van der Waals surface area contributed by atoms with Crippen LogP contribution in [0.4, 0.5) is 0 Å². The summed E-state index contributed by atoms with van der Waals surface area (Å²) in [6, 6.07) is 18.5. The van der Waals surface area contributed by atoms with Gasteiger partial charge in [0.25, 0.3) is 0 Å². The van der Waals surface area contributed by atoms with Crippen molar-refractivity contribution in [1.82, 2.24) is 10.2 Å².